The number of amides is 2. The number of primary amides is 1. The van der Waals surface area contributed by atoms with Crippen LogP contribution in [-0.4, -0.2) is 17.1 Å². The number of alkyl halides is 3. The standard InChI is InChI=1S/C15H13F3N2O2S2/c1-8(13(22)20-14-11(12(19)21)5-6-23-14)24-10-4-2-3-9(7-10)15(16,17)18/h2-8H,1H3,(H2,19,21)(H,20,22)/t8-/m1/s1. The number of nitrogens with two attached hydrogens (primary N) is 1. The van der Waals surface area contributed by atoms with Crippen molar-refractivity contribution in [2.45, 2.75) is 23.2 Å². The van der Waals surface area contributed by atoms with E-state index < -0.39 is 28.8 Å². The first kappa shape index (κ1) is 18.3. The van der Waals surface area contributed by atoms with Crippen molar-refractivity contribution in [3.8, 4) is 0 Å². The zero-order chi connectivity index (χ0) is 17.9. The summed E-state index contributed by atoms with van der Waals surface area (Å²) < 4.78 is 38.1. The Morgan fingerprint density at radius 2 is 2.00 bits per heavy atom. The first-order valence-corrected chi connectivity index (χ1v) is 8.46. The Labute approximate surface area is 144 Å². The molecule has 4 nitrogen and oxygen atoms in total. The first-order chi connectivity index (χ1) is 11.2. The Kier molecular flexibility index (Phi) is 5.55. The Morgan fingerprint density at radius 1 is 1.29 bits per heavy atom. The van der Waals surface area contributed by atoms with E-state index in [4.69, 9.17) is 5.73 Å². The largest absolute Gasteiger partial charge is 0.416 e. The van der Waals surface area contributed by atoms with Gasteiger partial charge < -0.3 is 11.1 Å². The second-order valence-electron chi connectivity index (χ2n) is 4.80. The van der Waals surface area contributed by atoms with Gasteiger partial charge in [0, 0.05) is 4.90 Å². The monoisotopic (exact) mass is 374 g/mol. The van der Waals surface area contributed by atoms with E-state index in [2.05, 4.69) is 5.32 Å². The van der Waals surface area contributed by atoms with Crippen LogP contribution >= 0.6 is 23.1 Å². The molecule has 2 aromatic rings. The molecular formula is C15H13F3N2O2S2. The van der Waals surface area contributed by atoms with Gasteiger partial charge in [0.1, 0.15) is 5.00 Å². The number of halogens is 3. The summed E-state index contributed by atoms with van der Waals surface area (Å²) in [5, 5.41) is 3.85. The molecule has 0 spiro atoms. The molecular weight excluding hydrogens is 361 g/mol. The lowest BCUT2D eigenvalue weighted by Crippen LogP contribution is -2.23. The zero-order valence-electron chi connectivity index (χ0n) is 12.4. The summed E-state index contributed by atoms with van der Waals surface area (Å²) in [7, 11) is 0. The molecule has 0 bridgehead atoms. The van der Waals surface area contributed by atoms with Crippen LogP contribution in [-0.2, 0) is 11.0 Å². The number of carbonyl (C=O) groups excluding carboxylic acids is 2. The molecule has 0 saturated heterocycles. The van der Waals surface area contributed by atoms with E-state index in [9.17, 15) is 22.8 Å². The van der Waals surface area contributed by atoms with Crippen LogP contribution in [0, 0.1) is 0 Å². The number of thiophene rings is 1. The summed E-state index contributed by atoms with van der Waals surface area (Å²) in [5.41, 5.74) is 4.63. The molecule has 3 N–H and O–H groups in total. The van der Waals surface area contributed by atoms with Gasteiger partial charge in [-0.1, -0.05) is 6.07 Å². The number of nitrogens with one attached hydrogen (secondary N) is 1. The summed E-state index contributed by atoms with van der Waals surface area (Å²) in [5.74, 6) is -1.09. The maximum absolute atomic E-state index is 12.7. The quantitative estimate of drug-likeness (QED) is 0.778. The van der Waals surface area contributed by atoms with Gasteiger partial charge in [-0.05, 0) is 36.6 Å². The van der Waals surface area contributed by atoms with Crippen molar-refractivity contribution in [1.29, 1.82) is 0 Å². The van der Waals surface area contributed by atoms with Crippen molar-refractivity contribution in [3.05, 3.63) is 46.8 Å². The molecule has 1 aromatic heterocycles. The maximum Gasteiger partial charge on any atom is 0.416 e. The molecule has 0 aliphatic carbocycles. The lowest BCUT2D eigenvalue weighted by molar-refractivity contribution is -0.137. The third-order valence-corrected chi connectivity index (χ3v) is 4.93. The lowest BCUT2D eigenvalue weighted by Gasteiger charge is -2.13. The number of carbonyl (C=O) groups is 2. The summed E-state index contributed by atoms with van der Waals surface area (Å²) in [4.78, 5) is 23.7. The molecule has 0 fully saturated rings. The highest BCUT2D eigenvalue weighted by Crippen LogP contribution is 2.33. The third kappa shape index (κ3) is 4.51. The smallest absolute Gasteiger partial charge is 0.366 e. The van der Waals surface area contributed by atoms with Gasteiger partial charge >= 0.3 is 6.18 Å². The van der Waals surface area contributed by atoms with Gasteiger partial charge in [-0.25, -0.2) is 0 Å². The van der Waals surface area contributed by atoms with Crippen LogP contribution in [0.2, 0.25) is 0 Å². The maximum atomic E-state index is 12.7. The molecule has 1 atom stereocenters. The molecule has 2 rings (SSSR count). The van der Waals surface area contributed by atoms with E-state index in [0.29, 0.717) is 9.90 Å². The normalized spacial score (nSPS) is 12.7. The molecule has 0 aliphatic heterocycles. The van der Waals surface area contributed by atoms with E-state index >= 15 is 0 Å². The highest BCUT2D eigenvalue weighted by atomic mass is 32.2. The van der Waals surface area contributed by atoms with Gasteiger partial charge in [0.05, 0.1) is 16.4 Å². The Morgan fingerprint density at radius 3 is 2.62 bits per heavy atom. The van der Waals surface area contributed by atoms with Crippen molar-refractivity contribution < 1.29 is 22.8 Å². The number of hydrogen-bond donors (Lipinski definition) is 2. The average molecular weight is 374 g/mol. The lowest BCUT2D eigenvalue weighted by atomic mass is 10.2. The van der Waals surface area contributed by atoms with Crippen LogP contribution in [0.25, 0.3) is 0 Å². The second-order valence-corrected chi connectivity index (χ2v) is 7.13. The number of rotatable bonds is 5. The third-order valence-electron chi connectivity index (χ3n) is 3.01. The number of hydrogen-bond acceptors (Lipinski definition) is 4. The Balaban J connectivity index is 2.07. The summed E-state index contributed by atoms with van der Waals surface area (Å²) in [6.07, 6.45) is -4.44. The summed E-state index contributed by atoms with van der Waals surface area (Å²) in [6.45, 7) is 1.57. The van der Waals surface area contributed by atoms with Gasteiger partial charge in [-0.15, -0.1) is 23.1 Å². The van der Waals surface area contributed by atoms with E-state index in [0.717, 1.165) is 35.2 Å². The topological polar surface area (TPSA) is 72.2 Å². The van der Waals surface area contributed by atoms with E-state index in [-0.39, 0.29) is 5.56 Å². The fraction of sp³-hybridized carbons (Fsp3) is 0.200. The average Bonchev–Trinajstić information content (AvgIpc) is 2.95. The van der Waals surface area contributed by atoms with Crippen LogP contribution in [0.4, 0.5) is 18.2 Å². The van der Waals surface area contributed by atoms with Gasteiger partial charge in [0.15, 0.2) is 0 Å². The predicted octanol–water partition coefficient (Wildman–Crippen LogP) is 3.99. The number of thioether (sulfide) groups is 1. The van der Waals surface area contributed by atoms with Gasteiger partial charge in [-0.2, -0.15) is 13.2 Å². The number of benzene rings is 1. The summed E-state index contributed by atoms with van der Waals surface area (Å²) >= 11 is 2.14. The van der Waals surface area contributed by atoms with Crippen molar-refractivity contribution in [2.75, 3.05) is 5.32 Å². The van der Waals surface area contributed by atoms with Crippen molar-refractivity contribution in [2.24, 2.45) is 5.73 Å². The SMILES string of the molecule is C[C@@H](Sc1cccc(C(F)(F)F)c1)C(=O)Nc1sccc1C(N)=O. The van der Waals surface area contributed by atoms with E-state index in [1.807, 2.05) is 0 Å². The van der Waals surface area contributed by atoms with Crippen molar-refractivity contribution >= 4 is 39.9 Å². The Bertz CT molecular complexity index is 759. The predicted molar refractivity (Wildman–Crippen MR) is 88.2 cm³/mol. The molecule has 1 heterocycles. The molecule has 0 saturated carbocycles. The van der Waals surface area contributed by atoms with Gasteiger partial charge in [0.2, 0.25) is 5.91 Å². The van der Waals surface area contributed by atoms with Crippen LogP contribution in [0.1, 0.15) is 22.8 Å². The fourth-order valence-electron chi connectivity index (χ4n) is 1.82. The zero-order valence-corrected chi connectivity index (χ0v) is 14.0. The van der Waals surface area contributed by atoms with Crippen LogP contribution in [0.15, 0.2) is 40.6 Å². The van der Waals surface area contributed by atoms with E-state index in [1.165, 1.54) is 18.2 Å². The van der Waals surface area contributed by atoms with Gasteiger partial charge in [0.25, 0.3) is 5.91 Å². The molecule has 0 aliphatic rings. The molecule has 0 unspecified atom stereocenters. The highest BCUT2D eigenvalue weighted by Gasteiger charge is 2.30. The Hall–Kier alpha value is -2.00. The molecule has 9 heteroatoms. The second kappa shape index (κ2) is 7.27. The molecule has 128 valence electrons. The van der Waals surface area contributed by atoms with Crippen molar-refractivity contribution in [1.82, 2.24) is 0 Å². The molecule has 2 amide bonds. The number of anilines is 1. The summed E-state index contributed by atoms with van der Waals surface area (Å²) in [6, 6.07) is 6.26. The van der Waals surface area contributed by atoms with Crippen molar-refractivity contribution in [3.63, 3.8) is 0 Å². The minimum absolute atomic E-state index is 0.199. The molecule has 1 aromatic carbocycles. The minimum atomic E-state index is -4.44. The van der Waals surface area contributed by atoms with Crippen LogP contribution in [0.3, 0.4) is 0 Å². The fourth-order valence-corrected chi connectivity index (χ4v) is 3.54. The minimum Gasteiger partial charge on any atom is -0.366 e. The van der Waals surface area contributed by atoms with E-state index in [1.54, 1.807) is 12.3 Å². The first-order valence-electron chi connectivity index (χ1n) is 6.70. The molecule has 24 heavy (non-hydrogen) atoms. The molecule has 0 radical (unpaired) electrons. The highest BCUT2D eigenvalue weighted by molar-refractivity contribution is 8.00. The van der Waals surface area contributed by atoms with Gasteiger partial charge in [-0.3, -0.25) is 9.59 Å². The van der Waals surface area contributed by atoms with Crippen LogP contribution < -0.4 is 11.1 Å². The van der Waals surface area contributed by atoms with Crippen LogP contribution in [0.5, 0.6) is 0 Å².